The standard InChI is InChI=1S/C12H19ClN2O3/c1-15(7-5-3-4-6-13)12(16)11-8-10(9-17-2)18-14-11/h8H,3-7,9H2,1-2H3. The first-order chi connectivity index (χ1) is 8.69. The second-order valence-corrected chi connectivity index (χ2v) is 4.47. The Morgan fingerprint density at radius 3 is 2.94 bits per heavy atom. The Kier molecular flexibility index (Phi) is 6.75. The molecular formula is C12H19ClN2O3. The number of hydrogen-bond acceptors (Lipinski definition) is 4. The predicted octanol–water partition coefficient (Wildman–Crippen LogP) is 2.30. The number of amides is 1. The second-order valence-electron chi connectivity index (χ2n) is 4.09. The van der Waals surface area contributed by atoms with Gasteiger partial charge in [0.1, 0.15) is 6.61 Å². The van der Waals surface area contributed by atoms with Crippen molar-refractivity contribution in [1.29, 1.82) is 0 Å². The fourth-order valence-corrected chi connectivity index (χ4v) is 1.73. The Morgan fingerprint density at radius 2 is 2.28 bits per heavy atom. The van der Waals surface area contributed by atoms with Gasteiger partial charge in [0.15, 0.2) is 11.5 Å². The van der Waals surface area contributed by atoms with Crippen molar-refractivity contribution in [2.45, 2.75) is 25.9 Å². The maximum Gasteiger partial charge on any atom is 0.275 e. The van der Waals surface area contributed by atoms with Gasteiger partial charge in [-0.05, 0) is 12.8 Å². The Morgan fingerprint density at radius 1 is 1.50 bits per heavy atom. The average Bonchev–Trinajstić information content (AvgIpc) is 2.82. The summed E-state index contributed by atoms with van der Waals surface area (Å²) in [5, 5.41) is 3.73. The van der Waals surface area contributed by atoms with Crippen molar-refractivity contribution in [3.8, 4) is 0 Å². The third-order valence-corrected chi connectivity index (χ3v) is 2.81. The number of hydrogen-bond donors (Lipinski definition) is 0. The molecule has 5 nitrogen and oxygen atoms in total. The quantitative estimate of drug-likeness (QED) is 0.539. The van der Waals surface area contributed by atoms with E-state index in [1.54, 1.807) is 25.1 Å². The summed E-state index contributed by atoms with van der Waals surface area (Å²) >= 11 is 5.59. The third-order valence-electron chi connectivity index (χ3n) is 2.54. The third kappa shape index (κ3) is 4.66. The summed E-state index contributed by atoms with van der Waals surface area (Å²) in [6.07, 6.45) is 2.94. The number of unbranched alkanes of at least 4 members (excludes halogenated alkanes) is 2. The van der Waals surface area contributed by atoms with Gasteiger partial charge in [0.05, 0.1) is 0 Å². The van der Waals surface area contributed by atoms with Crippen LogP contribution in [0.5, 0.6) is 0 Å². The fourth-order valence-electron chi connectivity index (χ4n) is 1.54. The van der Waals surface area contributed by atoms with Crippen LogP contribution < -0.4 is 0 Å². The molecule has 1 heterocycles. The van der Waals surface area contributed by atoms with E-state index in [9.17, 15) is 4.79 Å². The summed E-state index contributed by atoms with van der Waals surface area (Å²) in [5.74, 6) is 1.09. The minimum absolute atomic E-state index is 0.132. The van der Waals surface area contributed by atoms with Gasteiger partial charge in [-0.15, -0.1) is 11.6 Å². The highest BCUT2D eigenvalue weighted by molar-refractivity contribution is 6.17. The lowest BCUT2D eigenvalue weighted by molar-refractivity contribution is 0.0782. The van der Waals surface area contributed by atoms with Crippen LogP contribution in [0.25, 0.3) is 0 Å². The lowest BCUT2D eigenvalue weighted by Crippen LogP contribution is -2.28. The van der Waals surface area contributed by atoms with Gasteiger partial charge >= 0.3 is 0 Å². The number of methoxy groups -OCH3 is 1. The van der Waals surface area contributed by atoms with Crippen LogP contribution in [0.1, 0.15) is 35.5 Å². The van der Waals surface area contributed by atoms with Gasteiger partial charge in [0.25, 0.3) is 5.91 Å². The smallest absolute Gasteiger partial charge is 0.275 e. The normalized spacial score (nSPS) is 10.6. The van der Waals surface area contributed by atoms with Gasteiger partial charge in [-0.2, -0.15) is 0 Å². The zero-order valence-electron chi connectivity index (χ0n) is 10.8. The van der Waals surface area contributed by atoms with Gasteiger partial charge < -0.3 is 14.2 Å². The molecule has 0 atom stereocenters. The Balaban J connectivity index is 2.41. The van der Waals surface area contributed by atoms with Crippen molar-refractivity contribution in [2.75, 3.05) is 26.6 Å². The summed E-state index contributed by atoms with van der Waals surface area (Å²) in [7, 11) is 3.32. The molecule has 1 aromatic heterocycles. The number of halogens is 1. The zero-order valence-corrected chi connectivity index (χ0v) is 11.6. The van der Waals surface area contributed by atoms with Crippen molar-refractivity contribution >= 4 is 17.5 Å². The molecule has 0 bridgehead atoms. The number of ether oxygens (including phenoxy) is 1. The van der Waals surface area contributed by atoms with Gasteiger partial charge in [0.2, 0.25) is 0 Å². The molecule has 102 valence electrons. The minimum Gasteiger partial charge on any atom is -0.377 e. The molecule has 0 saturated carbocycles. The first-order valence-electron chi connectivity index (χ1n) is 5.95. The van der Waals surface area contributed by atoms with Crippen LogP contribution in [-0.4, -0.2) is 42.5 Å². The molecule has 0 fully saturated rings. The summed E-state index contributed by atoms with van der Waals surface area (Å²) in [4.78, 5) is 13.6. The molecule has 1 rings (SSSR count). The van der Waals surface area contributed by atoms with E-state index in [0.717, 1.165) is 19.3 Å². The van der Waals surface area contributed by atoms with Gasteiger partial charge in [-0.3, -0.25) is 4.79 Å². The molecule has 0 radical (unpaired) electrons. The van der Waals surface area contributed by atoms with Crippen LogP contribution in [0.4, 0.5) is 0 Å². The van der Waals surface area contributed by atoms with E-state index in [1.165, 1.54) is 0 Å². The van der Waals surface area contributed by atoms with E-state index in [2.05, 4.69) is 5.16 Å². The maximum absolute atomic E-state index is 12.0. The Labute approximate surface area is 112 Å². The van der Waals surface area contributed by atoms with E-state index in [4.69, 9.17) is 20.9 Å². The summed E-state index contributed by atoms with van der Waals surface area (Å²) in [5.41, 5.74) is 0.321. The van der Waals surface area contributed by atoms with Crippen LogP contribution in [0, 0.1) is 0 Å². The molecule has 6 heteroatoms. The number of carbonyl (C=O) groups is 1. The highest BCUT2D eigenvalue weighted by Crippen LogP contribution is 2.08. The Bertz CT molecular complexity index is 368. The van der Waals surface area contributed by atoms with Crippen molar-refractivity contribution < 1.29 is 14.1 Å². The highest BCUT2D eigenvalue weighted by Gasteiger charge is 2.16. The van der Waals surface area contributed by atoms with Crippen LogP contribution in [0.15, 0.2) is 10.6 Å². The molecule has 0 aliphatic heterocycles. The topological polar surface area (TPSA) is 55.6 Å². The summed E-state index contributed by atoms with van der Waals surface area (Å²) < 4.78 is 9.88. The van der Waals surface area contributed by atoms with Crippen LogP contribution in [-0.2, 0) is 11.3 Å². The lowest BCUT2D eigenvalue weighted by Gasteiger charge is -2.14. The molecule has 1 amide bonds. The van der Waals surface area contributed by atoms with E-state index in [0.29, 0.717) is 30.5 Å². The van der Waals surface area contributed by atoms with Gasteiger partial charge in [-0.25, -0.2) is 0 Å². The number of carbonyl (C=O) groups excluding carboxylic acids is 1. The lowest BCUT2D eigenvalue weighted by atomic mass is 10.2. The Hall–Kier alpha value is -1.07. The van der Waals surface area contributed by atoms with E-state index in [1.807, 2.05) is 0 Å². The first kappa shape index (κ1) is 15.0. The molecule has 0 saturated heterocycles. The largest absolute Gasteiger partial charge is 0.377 e. The molecule has 0 aromatic carbocycles. The molecule has 0 N–H and O–H groups in total. The summed E-state index contributed by atoms with van der Waals surface area (Å²) in [6.45, 7) is 1.02. The van der Waals surface area contributed by atoms with Crippen molar-refractivity contribution in [2.24, 2.45) is 0 Å². The predicted molar refractivity (Wildman–Crippen MR) is 68.7 cm³/mol. The number of rotatable bonds is 8. The van der Waals surface area contributed by atoms with E-state index in [-0.39, 0.29) is 5.91 Å². The van der Waals surface area contributed by atoms with Crippen molar-refractivity contribution in [1.82, 2.24) is 10.1 Å². The van der Waals surface area contributed by atoms with Crippen LogP contribution in [0.2, 0.25) is 0 Å². The van der Waals surface area contributed by atoms with Crippen molar-refractivity contribution in [3.05, 3.63) is 17.5 Å². The fraction of sp³-hybridized carbons (Fsp3) is 0.667. The molecule has 1 aromatic rings. The SMILES string of the molecule is COCc1cc(C(=O)N(C)CCCCCCl)no1. The second kappa shape index (κ2) is 8.11. The van der Waals surface area contributed by atoms with Crippen LogP contribution in [0.3, 0.4) is 0 Å². The minimum atomic E-state index is -0.132. The average molecular weight is 275 g/mol. The molecule has 0 unspecified atom stereocenters. The molecule has 18 heavy (non-hydrogen) atoms. The highest BCUT2D eigenvalue weighted by atomic mass is 35.5. The number of nitrogens with zero attached hydrogens (tertiary/aromatic N) is 2. The summed E-state index contributed by atoms with van der Waals surface area (Å²) in [6, 6.07) is 1.61. The van der Waals surface area contributed by atoms with E-state index < -0.39 is 0 Å². The first-order valence-corrected chi connectivity index (χ1v) is 6.48. The maximum atomic E-state index is 12.0. The molecule has 0 spiro atoms. The van der Waals surface area contributed by atoms with E-state index >= 15 is 0 Å². The van der Waals surface area contributed by atoms with Gasteiger partial charge in [0, 0.05) is 32.6 Å². The number of alkyl halides is 1. The number of aromatic nitrogens is 1. The van der Waals surface area contributed by atoms with Crippen molar-refractivity contribution in [3.63, 3.8) is 0 Å². The zero-order chi connectivity index (χ0) is 13.4. The molecule has 0 aliphatic rings. The van der Waals surface area contributed by atoms with Gasteiger partial charge in [-0.1, -0.05) is 11.6 Å². The molecular weight excluding hydrogens is 256 g/mol. The monoisotopic (exact) mass is 274 g/mol. The molecule has 0 aliphatic carbocycles. The van der Waals surface area contributed by atoms with Crippen LogP contribution >= 0.6 is 11.6 Å².